The van der Waals surface area contributed by atoms with Crippen molar-refractivity contribution in [1.29, 1.82) is 0 Å². The third-order valence-electron chi connectivity index (χ3n) is 5.66. The van der Waals surface area contributed by atoms with Crippen LogP contribution in [0.15, 0.2) is 34.9 Å². The maximum Gasteiger partial charge on any atom is 0.251 e. The summed E-state index contributed by atoms with van der Waals surface area (Å²) < 4.78 is 6.99. The molecule has 0 spiro atoms. The molecule has 2 fully saturated rings. The first-order valence-electron chi connectivity index (χ1n) is 9.94. The topological polar surface area (TPSA) is 57.7 Å². The normalized spacial score (nSPS) is 24.5. The molecule has 3 heterocycles. The smallest absolute Gasteiger partial charge is 0.251 e. The van der Waals surface area contributed by atoms with E-state index in [-0.39, 0.29) is 18.1 Å². The number of hydrogen-bond acceptors (Lipinski definition) is 5. The van der Waals surface area contributed by atoms with Gasteiger partial charge in [0.1, 0.15) is 0 Å². The number of anilines is 1. The van der Waals surface area contributed by atoms with E-state index in [1.807, 2.05) is 19.1 Å². The summed E-state index contributed by atoms with van der Waals surface area (Å²) in [5.41, 5.74) is 2.03. The van der Waals surface area contributed by atoms with Crippen LogP contribution in [0.1, 0.15) is 19.8 Å². The molecule has 150 valence electrons. The van der Waals surface area contributed by atoms with Crippen molar-refractivity contribution in [1.82, 2.24) is 15.2 Å². The third kappa shape index (κ3) is 4.16. The van der Waals surface area contributed by atoms with E-state index in [0.29, 0.717) is 6.54 Å². The highest BCUT2D eigenvalue weighted by Crippen LogP contribution is 2.32. The van der Waals surface area contributed by atoms with Crippen molar-refractivity contribution in [3.05, 3.63) is 34.9 Å². The minimum atomic E-state index is -0.459. The number of carbonyl (C=O) groups is 1. The standard InChI is InChI=1S/C21H27BrN4O2/c1-14-12-26(18-6-5-17(22)20-16(18)4-3-9-23-20)13-19(28-14)21(27)24-15-7-10-25(2)11-8-15/h3-6,9,14-15,19H,7-8,10-13H2,1-2H3,(H,24,27)/t14-,19-/m1/s1. The molecule has 2 aliphatic rings. The fraction of sp³-hybridized carbons (Fsp3) is 0.524. The molecule has 1 N–H and O–H groups in total. The summed E-state index contributed by atoms with van der Waals surface area (Å²) in [5, 5.41) is 4.29. The maximum atomic E-state index is 12.9. The number of likely N-dealkylation sites (tertiary alicyclic amines) is 1. The van der Waals surface area contributed by atoms with Crippen LogP contribution in [0.5, 0.6) is 0 Å². The predicted octanol–water partition coefficient (Wildman–Crippen LogP) is 2.80. The molecule has 7 heteroatoms. The molecule has 1 aromatic heterocycles. The Bertz CT molecular complexity index is 853. The number of pyridine rings is 1. The Hall–Kier alpha value is -1.70. The van der Waals surface area contributed by atoms with Crippen molar-refractivity contribution in [2.75, 3.05) is 38.1 Å². The molecule has 0 bridgehead atoms. The molecular weight excluding hydrogens is 420 g/mol. The van der Waals surface area contributed by atoms with Crippen LogP contribution in [0.3, 0.4) is 0 Å². The zero-order valence-electron chi connectivity index (χ0n) is 16.4. The molecule has 1 amide bonds. The van der Waals surface area contributed by atoms with Gasteiger partial charge in [0.2, 0.25) is 0 Å². The number of amides is 1. The van der Waals surface area contributed by atoms with E-state index in [1.54, 1.807) is 6.20 Å². The highest BCUT2D eigenvalue weighted by molar-refractivity contribution is 9.10. The minimum absolute atomic E-state index is 0.00523. The largest absolute Gasteiger partial charge is 0.365 e. The van der Waals surface area contributed by atoms with Crippen LogP contribution in [0.4, 0.5) is 5.69 Å². The second-order valence-electron chi connectivity index (χ2n) is 7.89. The molecule has 1 aromatic carbocycles. The maximum absolute atomic E-state index is 12.9. The molecule has 28 heavy (non-hydrogen) atoms. The third-order valence-corrected chi connectivity index (χ3v) is 6.30. The van der Waals surface area contributed by atoms with Gasteiger partial charge in [-0.3, -0.25) is 9.78 Å². The van der Waals surface area contributed by atoms with Gasteiger partial charge in [0.25, 0.3) is 5.91 Å². The lowest BCUT2D eigenvalue weighted by atomic mass is 10.0. The minimum Gasteiger partial charge on any atom is -0.365 e. The van der Waals surface area contributed by atoms with E-state index in [4.69, 9.17) is 4.74 Å². The number of hydrogen-bond donors (Lipinski definition) is 1. The number of nitrogens with zero attached hydrogens (tertiary/aromatic N) is 3. The Kier molecular flexibility index (Phi) is 5.85. The van der Waals surface area contributed by atoms with Gasteiger partial charge < -0.3 is 19.9 Å². The van der Waals surface area contributed by atoms with Gasteiger partial charge in [-0.1, -0.05) is 0 Å². The highest BCUT2D eigenvalue weighted by Gasteiger charge is 2.32. The number of halogens is 1. The van der Waals surface area contributed by atoms with E-state index >= 15 is 0 Å². The number of piperidine rings is 1. The fourth-order valence-electron chi connectivity index (χ4n) is 4.14. The Balaban J connectivity index is 1.51. The lowest BCUT2D eigenvalue weighted by Crippen LogP contribution is -2.55. The van der Waals surface area contributed by atoms with Gasteiger partial charge >= 0.3 is 0 Å². The second kappa shape index (κ2) is 8.35. The van der Waals surface area contributed by atoms with Crippen molar-refractivity contribution < 1.29 is 9.53 Å². The van der Waals surface area contributed by atoms with Crippen LogP contribution < -0.4 is 10.2 Å². The van der Waals surface area contributed by atoms with Crippen LogP contribution in [-0.2, 0) is 9.53 Å². The van der Waals surface area contributed by atoms with Crippen molar-refractivity contribution >= 4 is 38.4 Å². The van der Waals surface area contributed by atoms with Crippen LogP contribution >= 0.6 is 15.9 Å². The second-order valence-corrected chi connectivity index (χ2v) is 8.75. The predicted molar refractivity (Wildman–Crippen MR) is 115 cm³/mol. The average molecular weight is 447 g/mol. The summed E-state index contributed by atoms with van der Waals surface area (Å²) in [7, 11) is 2.12. The number of aromatic nitrogens is 1. The van der Waals surface area contributed by atoms with E-state index in [9.17, 15) is 4.79 Å². The van der Waals surface area contributed by atoms with Crippen LogP contribution in [0.2, 0.25) is 0 Å². The van der Waals surface area contributed by atoms with Gasteiger partial charge in [-0.2, -0.15) is 0 Å². The molecule has 2 saturated heterocycles. The quantitative estimate of drug-likeness (QED) is 0.785. The molecule has 0 radical (unpaired) electrons. The van der Waals surface area contributed by atoms with Crippen molar-refractivity contribution in [2.45, 2.75) is 38.0 Å². The van der Waals surface area contributed by atoms with Gasteiger partial charge in [0.05, 0.1) is 18.2 Å². The molecule has 0 unspecified atom stereocenters. The van der Waals surface area contributed by atoms with Crippen molar-refractivity contribution in [2.24, 2.45) is 0 Å². The van der Waals surface area contributed by atoms with Crippen LogP contribution in [0, 0.1) is 0 Å². The van der Waals surface area contributed by atoms with Gasteiger partial charge in [-0.05, 0) is 80.1 Å². The molecule has 2 aliphatic heterocycles. The van der Waals surface area contributed by atoms with Crippen LogP contribution in [-0.4, -0.2) is 67.3 Å². The molecular formula is C21H27BrN4O2. The fourth-order valence-corrected chi connectivity index (χ4v) is 4.59. The van der Waals surface area contributed by atoms with E-state index < -0.39 is 6.10 Å². The van der Waals surface area contributed by atoms with Crippen molar-refractivity contribution in [3.63, 3.8) is 0 Å². The summed E-state index contributed by atoms with van der Waals surface area (Å²) in [6.45, 7) is 5.38. The number of morpholine rings is 1. The van der Waals surface area contributed by atoms with E-state index in [0.717, 1.165) is 53.5 Å². The highest BCUT2D eigenvalue weighted by atomic mass is 79.9. The Morgan fingerprint density at radius 1 is 1.25 bits per heavy atom. The molecule has 2 atom stereocenters. The first kappa shape index (κ1) is 19.6. The van der Waals surface area contributed by atoms with Gasteiger partial charge in [-0.25, -0.2) is 0 Å². The summed E-state index contributed by atoms with van der Waals surface area (Å²) in [4.78, 5) is 22.0. The number of nitrogens with one attached hydrogen (secondary N) is 1. The molecule has 2 aromatic rings. The zero-order chi connectivity index (χ0) is 19.7. The number of ether oxygens (including phenoxy) is 1. The van der Waals surface area contributed by atoms with Gasteiger partial charge in [0, 0.05) is 34.3 Å². The van der Waals surface area contributed by atoms with Crippen molar-refractivity contribution in [3.8, 4) is 0 Å². The zero-order valence-corrected chi connectivity index (χ0v) is 18.0. The Morgan fingerprint density at radius 3 is 2.82 bits per heavy atom. The molecule has 4 rings (SSSR count). The lowest BCUT2D eigenvalue weighted by molar-refractivity contribution is -0.138. The number of carbonyl (C=O) groups excluding carboxylic acids is 1. The SMILES string of the molecule is C[C@@H]1CN(c2ccc(Br)c3ncccc23)C[C@H](C(=O)NC2CCN(C)CC2)O1. The molecule has 0 aliphatic carbocycles. The van der Waals surface area contributed by atoms with E-state index in [1.165, 1.54) is 0 Å². The average Bonchev–Trinajstić information content (AvgIpc) is 2.70. The number of benzene rings is 1. The summed E-state index contributed by atoms with van der Waals surface area (Å²) in [6, 6.07) is 8.40. The number of rotatable bonds is 3. The summed E-state index contributed by atoms with van der Waals surface area (Å²) >= 11 is 3.59. The summed E-state index contributed by atoms with van der Waals surface area (Å²) in [6.07, 6.45) is 3.32. The van der Waals surface area contributed by atoms with Crippen LogP contribution in [0.25, 0.3) is 10.9 Å². The van der Waals surface area contributed by atoms with E-state index in [2.05, 4.69) is 55.2 Å². The summed E-state index contributed by atoms with van der Waals surface area (Å²) in [5.74, 6) is 0.00523. The van der Waals surface area contributed by atoms with Gasteiger partial charge in [-0.15, -0.1) is 0 Å². The first-order valence-corrected chi connectivity index (χ1v) is 10.7. The first-order chi connectivity index (χ1) is 13.5. The Labute approximate surface area is 174 Å². The van der Waals surface area contributed by atoms with Gasteiger partial charge in [0.15, 0.2) is 6.10 Å². The molecule has 6 nitrogen and oxygen atoms in total. The Morgan fingerprint density at radius 2 is 2.04 bits per heavy atom. The molecule has 0 saturated carbocycles. The lowest BCUT2D eigenvalue weighted by Gasteiger charge is -2.39. The number of fused-ring (bicyclic) bond motifs is 1. The monoisotopic (exact) mass is 446 g/mol.